The van der Waals surface area contributed by atoms with Gasteiger partial charge < -0.3 is 35.3 Å². The highest BCUT2D eigenvalue weighted by molar-refractivity contribution is 8.00. The zero-order chi connectivity index (χ0) is 35.1. The molecule has 2 saturated heterocycles. The summed E-state index contributed by atoms with van der Waals surface area (Å²) in [5.74, 6) is -2.60. The Bertz CT molecular complexity index is 2110. The highest BCUT2D eigenvalue weighted by atomic mass is 32.2. The van der Waals surface area contributed by atoms with E-state index in [1.54, 1.807) is 12.1 Å². The predicted molar refractivity (Wildman–Crippen MR) is 182 cm³/mol. The number of aliphatic carboxylic acids is 1. The number of benzene rings is 1. The van der Waals surface area contributed by atoms with Crippen molar-refractivity contribution in [2.24, 2.45) is 5.16 Å². The fraction of sp³-hybridized carbons (Fsp3) is 0.303. The van der Waals surface area contributed by atoms with Gasteiger partial charge in [-0.1, -0.05) is 17.3 Å². The number of amidine groups is 1. The number of carbonyl (C=O) groups excluding carboxylic acids is 3. The number of thiazole rings is 1. The number of anilines is 1. The Morgan fingerprint density at radius 3 is 2.76 bits per heavy atom. The van der Waals surface area contributed by atoms with Crippen molar-refractivity contribution in [3.05, 3.63) is 88.1 Å². The summed E-state index contributed by atoms with van der Waals surface area (Å²) < 4.78 is 19.1. The van der Waals surface area contributed by atoms with Gasteiger partial charge in [-0.3, -0.25) is 19.9 Å². The third-order valence-corrected chi connectivity index (χ3v) is 11.0. The number of pyridine rings is 1. The fourth-order valence-electron chi connectivity index (χ4n) is 6.52. The number of nitrogens with zero attached hydrogens (tertiary/aromatic N) is 6. The number of oxime groups is 1. The number of thioether (sulfide) groups is 1. The summed E-state index contributed by atoms with van der Waals surface area (Å²) in [5.41, 5.74) is 8.56. The molecule has 50 heavy (non-hydrogen) atoms. The lowest BCUT2D eigenvalue weighted by Gasteiger charge is -2.50. The second kappa shape index (κ2) is 13.5. The summed E-state index contributed by atoms with van der Waals surface area (Å²) in [6.07, 6.45) is 5.71. The number of halogens is 1. The van der Waals surface area contributed by atoms with Gasteiger partial charge in [0.1, 0.15) is 41.4 Å². The number of carbonyl (C=O) groups is 3. The summed E-state index contributed by atoms with van der Waals surface area (Å²) in [4.78, 5) is 50.8. The molecule has 0 spiro atoms. The van der Waals surface area contributed by atoms with Crippen molar-refractivity contribution >= 4 is 68.6 Å². The SMILES string of the molecule is CO/N=C(\C(=O)N[C@@H]1C(=O)N2C(C(=O)[O-])=C(C[n+]3cccc4c3ccn4Cc3ccc(C(=N)N4CCCC4)cc3F)CS[C@H]12)c1csc(N)n1. The Hall–Kier alpha value is -5.29. The van der Waals surface area contributed by atoms with Crippen LogP contribution in [0, 0.1) is 11.2 Å². The van der Waals surface area contributed by atoms with Crippen molar-refractivity contribution in [3.63, 3.8) is 0 Å². The number of nitrogens with two attached hydrogens (primary N) is 1. The highest BCUT2D eigenvalue weighted by Crippen LogP contribution is 2.40. The van der Waals surface area contributed by atoms with E-state index in [9.17, 15) is 19.5 Å². The average molecular weight is 718 g/mol. The van der Waals surface area contributed by atoms with E-state index in [0.29, 0.717) is 22.5 Å². The number of nitrogens with one attached hydrogen (secondary N) is 2. The molecule has 0 bridgehead atoms. The maximum atomic E-state index is 15.3. The smallest absolute Gasteiger partial charge is 0.276 e. The van der Waals surface area contributed by atoms with Crippen LogP contribution in [0.4, 0.5) is 9.52 Å². The molecule has 17 heteroatoms. The van der Waals surface area contributed by atoms with Crippen molar-refractivity contribution in [1.29, 1.82) is 5.41 Å². The molecule has 0 aliphatic carbocycles. The molecule has 2 atom stereocenters. The molecule has 3 aromatic heterocycles. The number of likely N-dealkylation sites (tertiary alicyclic amines) is 1. The van der Waals surface area contributed by atoms with Gasteiger partial charge in [0, 0.05) is 59.3 Å². The second-order valence-corrected chi connectivity index (χ2v) is 14.0. The van der Waals surface area contributed by atoms with Gasteiger partial charge in [-0.25, -0.2) is 9.37 Å². The number of nitrogen functional groups attached to an aromatic ring is 1. The minimum atomic E-state index is -1.50. The van der Waals surface area contributed by atoms with Crippen LogP contribution < -0.4 is 20.7 Å². The van der Waals surface area contributed by atoms with E-state index in [4.69, 9.17) is 16.0 Å². The van der Waals surface area contributed by atoms with Crippen molar-refractivity contribution in [3.8, 4) is 0 Å². The summed E-state index contributed by atoms with van der Waals surface area (Å²) in [6.45, 7) is 2.02. The molecule has 1 aromatic carbocycles. The first-order valence-corrected chi connectivity index (χ1v) is 17.7. The van der Waals surface area contributed by atoms with Gasteiger partial charge in [0.25, 0.3) is 11.8 Å². The number of carboxylic acid groups (broad SMARTS) is 1. The van der Waals surface area contributed by atoms with Crippen LogP contribution in [-0.2, 0) is 32.3 Å². The largest absolute Gasteiger partial charge is 0.543 e. The maximum Gasteiger partial charge on any atom is 0.276 e. The van der Waals surface area contributed by atoms with Gasteiger partial charge in [0.15, 0.2) is 23.6 Å². The van der Waals surface area contributed by atoms with E-state index < -0.39 is 35.0 Å². The zero-order valence-electron chi connectivity index (χ0n) is 26.8. The average Bonchev–Trinajstić information content (AvgIpc) is 3.89. The Morgan fingerprint density at radius 1 is 1.26 bits per heavy atom. The molecule has 14 nitrogen and oxygen atoms in total. The van der Waals surface area contributed by atoms with Crippen LogP contribution in [0.1, 0.15) is 29.7 Å². The van der Waals surface area contributed by atoms with Crippen LogP contribution in [0.2, 0.25) is 0 Å². The molecule has 3 aliphatic rings. The number of hydrogen-bond acceptors (Lipinski definition) is 11. The van der Waals surface area contributed by atoms with Crippen LogP contribution in [0.25, 0.3) is 11.0 Å². The lowest BCUT2D eigenvalue weighted by Crippen LogP contribution is -2.71. The molecule has 3 aliphatic heterocycles. The summed E-state index contributed by atoms with van der Waals surface area (Å²) in [7, 11) is 1.27. The first-order chi connectivity index (χ1) is 24.1. The molecular weight excluding hydrogens is 686 g/mol. The van der Waals surface area contributed by atoms with E-state index in [1.165, 1.54) is 30.3 Å². The molecule has 6 heterocycles. The van der Waals surface area contributed by atoms with Crippen LogP contribution in [-0.4, -0.2) is 86.0 Å². The first-order valence-electron chi connectivity index (χ1n) is 15.8. The maximum absolute atomic E-state index is 15.3. The lowest BCUT2D eigenvalue weighted by atomic mass is 10.0. The summed E-state index contributed by atoms with van der Waals surface area (Å²) >= 11 is 2.44. The summed E-state index contributed by atoms with van der Waals surface area (Å²) in [5, 5.41) is 28.4. The van der Waals surface area contributed by atoms with E-state index in [0.717, 1.165) is 53.2 Å². The fourth-order valence-corrected chi connectivity index (χ4v) is 8.40. The van der Waals surface area contributed by atoms with Gasteiger partial charge in [0.05, 0.1) is 18.2 Å². The second-order valence-electron chi connectivity index (χ2n) is 12.0. The number of β-lactam (4-membered cyclic amide) rings is 1. The molecule has 2 fully saturated rings. The van der Waals surface area contributed by atoms with Gasteiger partial charge >= 0.3 is 0 Å². The third-order valence-electron chi connectivity index (χ3n) is 8.95. The first kappa shape index (κ1) is 33.2. The molecule has 4 aromatic rings. The van der Waals surface area contributed by atoms with Gasteiger partial charge in [-0.05, 0) is 25.0 Å². The predicted octanol–water partition coefficient (Wildman–Crippen LogP) is 1.03. The number of rotatable bonds is 10. The third kappa shape index (κ3) is 6.06. The van der Waals surface area contributed by atoms with Crippen molar-refractivity contribution in [2.45, 2.75) is 37.3 Å². The van der Waals surface area contributed by atoms with Crippen molar-refractivity contribution in [2.75, 3.05) is 31.7 Å². The Balaban J connectivity index is 1.08. The summed E-state index contributed by atoms with van der Waals surface area (Å²) in [6, 6.07) is 9.50. The number of hydrogen-bond donors (Lipinski definition) is 3. The van der Waals surface area contributed by atoms with Gasteiger partial charge in [-0.15, -0.1) is 23.1 Å². The van der Waals surface area contributed by atoms with Crippen molar-refractivity contribution < 1.29 is 33.3 Å². The normalized spacial score (nSPS) is 19.1. The van der Waals surface area contributed by atoms with Crippen LogP contribution >= 0.6 is 23.1 Å². The van der Waals surface area contributed by atoms with E-state index in [-0.39, 0.29) is 41.1 Å². The minimum absolute atomic E-state index is 0.156. The number of fused-ring (bicyclic) bond motifs is 2. The quantitative estimate of drug-likeness (QED) is 0.0709. The molecule has 0 radical (unpaired) electrons. The molecule has 7 rings (SSSR count). The standard InChI is InChI=1S/C33H32FN9O5S2/c1-48-39-25(22-17-50-33(36)37-22)29(44)38-26-30(45)43-27(32(46)47)20(16-49-31(26)43)15-41-11-4-5-23-24(41)8-12-42(23)14-19-7-6-18(13-21(19)34)28(35)40-9-2-3-10-40/h4-8,11-13,17,26,31,35H,2-3,9-10,14-16H2,1H3,(H3-,36,37,38,44,46,47)/b35-28?,39-25-/t26-,31-/m1/s1. The van der Waals surface area contributed by atoms with Crippen LogP contribution in [0.5, 0.6) is 0 Å². The minimum Gasteiger partial charge on any atom is -0.543 e. The molecule has 2 amide bonds. The Morgan fingerprint density at radius 2 is 2.06 bits per heavy atom. The monoisotopic (exact) mass is 717 g/mol. The number of aromatic nitrogens is 3. The molecule has 0 unspecified atom stereocenters. The highest BCUT2D eigenvalue weighted by Gasteiger charge is 2.53. The van der Waals surface area contributed by atoms with Crippen LogP contribution in [0.15, 0.2) is 70.6 Å². The zero-order valence-corrected chi connectivity index (χ0v) is 28.4. The topological polar surface area (TPSA) is 186 Å². The Labute approximate surface area is 293 Å². The van der Waals surface area contributed by atoms with E-state index >= 15 is 4.39 Å². The van der Waals surface area contributed by atoms with Crippen molar-refractivity contribution in [1.82, 2.24) is 24.7 Å². The molecule has 0 saturated carbocycles. The Kier molecular flexibility index (Phi) is 9.00. The van der Waals surface area contributed by atoms with Gasteiger partial charge in [0.2, 0.25) is 5.52 Å². The van der Waals surface area contributed by atoms with E-state index in [1.807, 2.05) is 44.6 Å². The number of amides is 2. The number of carboxylic acids is 1. The lowest BCUT2D eigenvalue weighted by molar-refractivity contribution is -0.663. The van der Waals surface area contributed by atoms with E-state index in [2.05, 4.69) is 15.5 Å². The molecule has 258 valence electrons. The van der Waals surface area contributed by atoms with Gasteiger partial charge in [-0.2, -0.15) is 4.57 Å². The molecule has 4 N–H and O–H groups in total. The van der Waals surface area contributed by atoms with Crippen LogP contribution in [0.3, 0.4) is 0 Å². The molecular formula is C33H32FN9O5S2.